The summed E-state index contributed by atoms with van der Waals surface area (Å²) in [4.78, 5) is 13.0. The molecular weight excluding hydrogens is 360 g/mol. The molecular formula is C19H10Cl2FN3. The molecule has 6 heteroatoms. The SMILES string of the molecule is Fc1ccc(-c2nc3ncc(Cl)cc3c(Cl)c2-c2ccncc2)cc1. The van der Waals surface area contributed by atoms with E-state index in [1.165, 1.54) is 18.3 Å². The standard InChI is InChI=1S/C19H10Cl2FN3/c20-13-9-15-17(21)16(11-5-7-23-8-6-11)18(25-19(15)24-10-13)12-1-3-14(22)4-2-12/h1-10H. The normalized spacial score (nSPS) is 11.0. The van der Waals surface area contributed by atoms with Gasteiger partial charge in [0.1, 0.15) is 5.82 Å². The summed E-state index contributed by atoms with van der Waals surface area (Å²) in [5.74, 6) is -0.314. The number of pyridine rings is 3. The van der Waals surface area contributed by atoms with Crippen LogP contribution in [0.1, 0.15) is 0 Å². The number of halogens is 3. The molecule has 0 saturated carbocycles. The summed E-state index contributed by atoms with van der Waals surface area (Å²) in [6.45, 7) is 0. The number of nitrogens with zero attached hydrogens (tertiary/aromatic N) is 3. The third kappa shape index (κ3) is 2.95. The van der Waals surface area contributed by atoms with Crippen LogP contribution >= 0.6 is 23.2 Å². The first-order valence-electron chi connectivity index (χ1n) is 7.44. The molecule has 0 N–H and O–H groups in total. The summed E-state index contributed by atoms with van der Waals surface area (Å²) in [5, 5.41) is 1.63. The van der Waals surface area contributed by atoms with Crippen LogP contribution in [-0.2, 0) is 0 Å². The number of rotatable bonds is 2. The van der Waals surface area contributed by atoms with E-state index in [0.29, 0.717) is 26.8 Å². The molecule has 0 aliphatic carbocycles. The zero-order valence-corrected chi connectivity index (χ0v) is 14.3. The predicted octanol–water partition coefficient (Wildman–Crippen LogP) is 5.80. The van der Waals surface area contributed by atoms with E-state index in [1.807, 2.05) is 12.1 Å². The average Bonchev–Trinajstić information content (AvgIpc) is 2.63. The molecule has 0 aliphatic rings. The van der Waals surface area contributed by atoms with Gasteiger partial charge in [0.05, 0.1) is 15.7 Å². The predicted molar refractivity (Wildman–Crippen MR) is 98.2 cm³/mol. The van der Waals surface area contributed by atoms with Crippen molar-refractivity contribution in [3.05, 3.63) is 76.9 Å². The monoisotopic (exact) mass is 369 g/mol. The zero-order valence-electron chi connectivity index (χ0n) is 12.7. The van der Waals surface area contributed by atoms with Gasteiger partial charge in [-0.3, -0.25) is 4.98 Å². The molecule has 4 aromatic rings. The highest BCUT2D eigenvalue weighted by molar-refractivity contribution is 6.39. The summed E-state index contributed by atoms with van der Waals surface area (Å²) in [5.41, 5.74) is 3.43. The molecule has 3 aromatic heterocycles. The van der Waals surface area contributed by atoms with Gasteiger partial charge in [-0.25, -0.2) is 14.4 Å². The van der Waals surface area contributed by atoms with E-state index >= 15 is 0 Å². The second-order valence-corrected chi connectivity index (χ2v) is 6.23. The quantitative estimate of drug-likeness (QED) is 0.447. The lowest BCUT2D eigenvalue weighted by Crippen LogP contribution is -1.95. The van der Waals surface area contributed by atoms with Crippen LogP contribution in [0.4, 0.5) is 4.39 Å². The Morgan fingerprint density at radius 1 is 0.880 bits per heavy atom. The van der Waals surface area contributed by atoms with Crippen LogP contribution in [-0.4, -0.2) is 15.0 Å². The lowest BCUT2D eigenvalue weighted by molar-refractivity contribution is 0.628. The maximum atomic E-state index is 13.3. The number of fused-ring (bicyclic) bond motifs is 1. The van der Waals surface area contributed by atoms with E-state index in [0.717, 1.165) is 16.7 Å². The van der Waals surface area contributed by atoms with Gasteiger partial charge in [-0.05, 0) is 48.0 Å². The summed E-state index contributed by atoms with van der Waals surface area (Å²) in [6.07, 6.45) is 4.88. The van der Waals surface area contributed by atoms with Crippen molar-refractivity contribution in [2.75, 3.05) is 0 Å². The smallest absolute Gasteiger partial charge is 0.161 e. The van der Waals surface area contributed by atoms with Crippen LogP contribution in [0.5, 0.6) is 0 Å². The molecule has 25 heavy (non-hydrogen) atoms. The van der Waals surface area contributed by atoms with Crippen LogP contribution in [0.15, 0.2) is 61.1 Å². The maximum absolute atomic E-state index is 13.3. The van der Waals surface area contributed by atoms with Gasteiger partial charge in [0.15, 0.2) is 5.65 Å². The highest BCUT2D eigenvalue weighted by Gasteiger charge is 2.18. The first-order chi connectivity index (χ1) is 12.1. The van der Waals surface area contributed by atoms with Gasteiger partial charge in [0.2, 0.25) is 0 Å². The fourth-order valence-electron chi connectivity index (χ4n) is 2.68. The van der Waals surface area contributed by atoms with Crippen molar-refractivity contribution >= 4 is 34.2 Å². The Kier molecular flexibility index (Phi) is 4.07. The van der Waals surface area contributed by atoms with E-state index in [1.54, 1.807) is 30.6 Å². The molecule has 0 atom stereocenters. The van der Waals surface area contributed by atoms with E-state index in [2.05, 4.69) is 15.0 Å². The Morgan fingerprint density at radius 2 is 1.60 bits per heavy atom. The molecule has 0 aliphatic heterocycles. The number of hydrogen-bond acceptors (Lipinski definition) is 3. The number of benzene rings is 1. The average molecular weight is 370 g/mol. The largest absolute Gasteiger partial charge is 0.265 e. The maximum Gasteiger partial charge on any atom is 0.161 e. The van der Waals surface area contributed by atoms with Crippen LogP contribution < -0.4 is 0 Å². The lowest BCUT2D eigenvalue weighted by Gasteiger charge is -2.14. The minimum Gasteiger partial charge on any atom is -0.265 e. The van der Waals surface area contributed by atoms with Crippen LogP contribution in [0.2, 0.25) is 10.0 Å². The van der Waals surface area contributed by atoms with Gasteiger partial charge in [0.25, 0.3) is 0 Å². The summed E-state index contributed by atoms with van der Waals surface area (Å²) >= 11 is 12.8. The Morgan fingerprint density at radius 3 is 2.32 bits per heavy atom. The fraction of sp³-hybridized carbons (Fsp3) is 0. The van der Waals surface area contributed by atoms with Crippen molar-refractivity contribution in [2.45, 2.75) is 0 Å². The van der Waals surface area contributed by atoms with Gasteiger partial charge in [0, 0.05) is 35.1 Å². The summed E-state index contributed by atoms with van der Waals surface area (Å²) in [7, 11) is 0. The van der Waals surface area contributed by atoms with Crippen LogP contribution in [0, 0.1) is 5.82 Å². The van der Waals surface area contributed by atoms with Gasteiger partial charge < -0.3 is 0 Å². The zero-order chi connectivity index (χ0) is 17.4. The Bertz CT molecular complexity index is 1070. The highest BCUT2D eigenvalue weighted by atomic mass is 35.5. The molecule has 0 saturated heterocycles. The van der Waals surface area contributed by atoms with Gasteiger partial charge in [-0.2, -0.15) is 0 Å². The van der Waals surface area contributed by atoms with Crippen LogP contribution in [0.3, 0.4) is 0 Å². The van der Waals surface area contributed by atoms with Gasteiger partial charge in [-0.1, -0.05) is 23.2 Å². The first-order valence-corrected chi connectivity index (χ1v) is 8.20. The molecule has 3 heterocycles. The third-order valence-corrected chi connectivity index (χ3v) is 4.43. The first kappa shape index (κ1) is 15.9. The third-order valence-electron chi connectivity index (χ3n) is 3.83. The van der Waals surface area contributed by atoms with Crippen molar-refractivity contribution in [3.8, 4) is 22.4 Å². The molecule has 0 bridgehead atoms. The molecule has 0 amide bonds. The van der Waals surface area contributed by atoms with E-state index in [9.17, 15) is 4.39 Å². The minimum atomic E-state index is -0.314. The molecule has 3 nitrogen and oxygen atoms in total. The van der Waals surface area contributed by atoms with Crippen LogP contribution in [0.25, 0.3) is 33.4 Å². The van der Waals surface area contributed by atoms with Gasteiger partial charge >= 0.3 is 0 Å². The second-order valence-electron chi connectivity index (χ2n) is 5.42. The van der Waals surface area contributed by atoms with E-state index in [-0.39, 0.29) is 5.82 Å². The van der Waals surface area contributed by atoms with E-state index < -0.39 is 0 Å². The number of hydrogen-bond donors (Lipinski definition) is 0. The van der Waals surface area contributed by atoms with Crippen molar-refractivity contribution in [1.29, 1.82) is 0 Å². The molecule has 0 spiro atoms. The Balaban J connectivity index is 2.09. The second kappa shape index (κ2) is 6.39. The van der Waals surface area contributed by atoms with Crippen molar-refractivity contribution in [2.24, 2.45) is 0 Å². The van der Waals surface area contributed by atoms with Crippen molar-refractivity contribution < 1.29 is 4.39 Å². The minimum absolute atomic E-state index is 0.314. The summed E-state index contributed by atoms with van der Waals surface area (Å²) < 4.78 is 13.3. The molecule has 0 unspecified atom stereocenters. The summed E-state index contributed by atoms with van der Waals surface area (Å²) in [6, 6.07) is 11.5. The van der Waals surface area contributed by atoms with Gasteiger partial charge in [-0.15, -0.1) is 0 Å². The lowest BCUT2D eigenvalue weighted by atomic mass is 9.98. The molecule has 4 rings (SSSR count). The van der Waals surface area contributed by atoms with Crippen molar-refractivity contribution in [1.82, 2.24) is 15.0 Å². The van der Waals surface area contributed by atoms with E-state index in [4.69, 9.17) is 23.2 Å². The molecule has 1 aromatic carbocycles. The fourth-order valence-corrected chi connectivity index (χ4v) is 3.18. The molecule has 0 fully saturated rings. The van der Waals surface area contributed by atoms with Crippen molar-refractivity contribution in [3.63, 3.8) is 0 Å². The Hall–Kier alpha value is -2.56. The number of aromatic nitrogens is 3. The Labute approximate surface area is 153 Å². The topological polar surface area (TPSA) is 38.7 Å². The highest BCUT2D eigenvalue weighted by Crippen LogP contribution is 2.40. The molecule has 122 valence electrons. The molecule has 0 radical (unpaired) electrons.